The van der Waals surface area contributed by atoms with Gasteiger partial charge in [-0.15, -0.1) is 23.1 Å². The van der Waals surface area contributed by atoms with E-state index in [0.29, 0.717) is 33.1 Å². The van der Waals surface area contributed by atoms with Crippen LogP contribution in [0.5, 0.6) is 0 Å². The molecule has 0 fully saturated rings. The smallest absolute Gasteiger partial charge is 0.341 e. The second kappa shape index (κ2) is 15.7. The van der Waals surface area contributed by atoms with Crippen LogP contribution in [0.15, 0.2) is 118 Å². The van der Waals surface area contributed by atoms with Gasteiger partial charge in [-0.1, -0.05) is 54.1 Å². The number of hydrogen-bond donors (Lipinski definition) is 3. The molecule has 0 radical (unpaired) electrons. The van der Waals surface area contributed by atoms with Crippen LogP contribution in [0.4, 0.5) is 10.7 Å². The lowest BCUT2D eigenvalue weighted by molar-refractivity contribution is -0.114. The molecule has 11 heteroatoms. The number of anilines is 2. The number of esters is 1. The molecule has 238 valence electrons. The number of nitrogens with one attached hydrogen (secondary N) is 3. The summed E-state index contributed by atoms with van der Waals surface area (Å²) >= 11 is 2.53. The minimum absolute atomic E-state index is 0.00963. The summed E-state index contributed by atoms with van der Waals surface area (Å²) in [4.78, 5) is 52.8. The van der Waals surface area contributed by atoms with Gasteiger partial charge in [0.25, 0.3) is 11.8 Å². The van der Waals surface area contributed by atoms with Crippen LogP contribution in [0.3, 0.4) is 0 Å². The number of hydrogen-bond acceptors (Lipinski definition) is 8. The van der Waals surface area contributed by atoms with Gasteiger partial charge in [-0.2, -0.15) is 0 Å². The van der Waals surface area contributed by atoms with Gasteiger partial charge in [0.15, 0.2) is 0 Å². The zero-order valence-electron chi connectivity index (χ0n) is 25.6. The predicted octanol–water partition coefficient (Wildman–Crippen LogP) is 7.63. The normalized spacial score (nSPS) is 11.1. The first-order valence-electron chi connectivity index (χ1n) is 14.6. The van der Waals surface area contributed by atoms with E-state index in [1.54, 1.807) is 67.6 Å². The summed E-state index contributed by atoms with van der Waals surface area (Å²) in [6.45, 7) is 3.93. The van der Waals surface area contributed by atoms with Crippen molar-refractivity contribution in [1.29, 1.82) is 0 Å². The highest BCUT2D eigenvalue weighted by Crippen LogP contribution is 2.36. The monoisotopic (exact) mass is 665 g/mol. The van der Waals surface area contributed by atoms with E-state index in [2.05, 4.69) is 16.0 Å². The summed E-state index contributed by atoms with van der Waals surface area (Å²) in [5, 5.41) is 10.6. The standard InChI is InChI=1S/C36H31N3O6S2/c1-3-44-36(43)32-29(24-16-14-23(2)15-17-24)21-47-35(32)39-31(40)22-46-28-13-7-11-26(19-28)37-34(42)30(20-27-12-8-18-45-27)38-33(41)25-9-5-4-6-10-25/h4-21H,3,22H2,1-2H3,(H,37,42)(H,38,41)(H,39,40)/b30-20-. The number of carbonyl (C=O) groups is 4. The van der Waals surface area contributed by atoms with Crippen LogP contribution in [-0.2, 0) is 14.3 Å². The van der Waals surface area contributed by atoms with E-state index in [1.165, 1.54) is 35.4 Å². The van der Waals surface area contributed by atoms with E-state index in [4.69, 9.17) is 9.15 Å². The lowest BCUT2D eigenvalue weighted by Crippen LogP contribution is -2.30. The van der Waals surface area contributed by atoms with Crippen LogP contribution in [0.25, 0.3) is 17.2 Å². The Labute approximate surface area is 280 Å². The van der Waals surface area contributed by atoms with Gasteiger partial charge >= 0.3 is 5.97 Å². The van der Waals surface area contributed by atoms with E-state index in [9.17, 15) is 19.2 Å². The highest BCUT2D eigenvalue weighted by Gasteiger charge is 2.23. The van der Waals surface area contributed by atoms with Gasteiger partial charge in [-0.05, 0) is 61.9 Å². The first-order valence-corrected chi connectivity index (χ1v) is 16.5. The molecule has 0 bridgehead atoms. The molecule has 0 atom stereocenters. The molecule has 0 saturated heterocycles. The van der Waals surface area contributed by atoms with Crippen LogP contribution >= 0.6 is 23.1 Å². The molecular formula is C36H31N3O6S2. The van der Waals surface area contributed by atoms with Crippen LogP contribution in [0, 0.1) is 6.92 Å². The maximum Gasteiger partial charge on any atom is 0.341 e. The first-order chi connectivity index (χ1) is 22.8. The Morgan fingerprint density at radius 1 is 0.915 bits per heavy atom. The van der Waals surface area contributed by atoms with Gasteiger partial charge in [-0.25, -0.2) is 4.79 Å². The molecule has 5 rings (SSSR count). The van der Waals surface area contributed by atoms with Crippen LogP contribution in [0.1, 0.15) is 39.0 Å². The number of carbonyl (C=O) groups excluding carboxylic acids is 4. The van der Waals surface area contributed by atoms with Gasteiger partial charge < -0.3 is 25.1 Å². The van der Waals surface area contributed by atoms with Crippen molar-refractivity contribution in [3.05, 3.63) is 131 Å². The molecule has 0 unspecified atom stereocenters. The number of thioether (sulfide) groups is 1. The lowest BCUT2D eigenvalue weighted by atomic mass is 10.0. The minimum Gasteiger partial charge on any atom is -0.465 e. The van der Waals surface area contributed by atoms with E-state index >= 15 is 0 Å². The van der Waals surface area contributed by atoms with E-state index in [-0.39, 0.29) is 24.0 Å². The van der Waals surface area contributed by atoms with Gasteiger partial charge in [-0.3, -0.25) is 14.4 Å². The molecule has 0 saturated carbocycles. The van der Waals surface area contributed by atoms with E-state index < -0.39 is 17.8 Å². The van der Waals surface area contributed by atoms with Gasteiger partial charge in [0, 0.05) is 33.2 Å². The minimum atomic E-state index is -0.556. The second-order valence-corrected chi connectivity index (χ2v) is 12.1. The number of benzene rings is 3. The highest BCUT2D eigenvalue weighted by molar-refractivity contribution is 8.00. The molecule has 0 aliphatic rings. The van der Waals surface area contributed by atoms with Crippen molar-refractivity contribution in [1.82, 2.24) is 5.32 Å². The van der Waals surface area contributed by atoms with E-state index in [1.807, 2.05) is 42.6 Å². The zero-order valence-corrected chi connectivity index (χ0v) is 27.2. The summed E-state index contributed by atoms with van der Waals surface area (Å²) < 4.78 is 10.7. The molecule has 2 heterocycles. The Balaban J connectivity index is 1.25. The third-order valence-electron chi connectivity index (χ3n) is 6.71. The summed E-state index contributed by atoms with van der Waals surface area (Å²) in [5.74, 6) is -1.37. The molecule has 0 aliphatic carbocycles. The molecule has 0 spiro atoms. The maximum atomic E-state index is 13.3. The summed E-state index contributed by atoms with van der Waals surface area (Å²) in [5.41, 5.74) is 3.81. The fraction of sp³-hybridized carbons (Fsp3) is 0.111. The van der Waals surface area contributed by atoms with Crippen molar-refractivity contribution >= 4 is 63.6 Å². The molecule has 0 aliphatic heterocycles. The predicted molar refractivity (Wildman–Crippen MR) is 185 cm³/mol. The molecule has 3 amide bonds. The average molecular weight is 666 g/mol. The Morgan fingerprint density at radius 2 is 1.70 bits per heavy atom. The number of aryl methyl sites for hydroxylation is 1. The maximum absolute atomic E-state index is 13.3. The molecular weight excluding hydrogens is 635 g/mol. The lowest BCUT2D eigenvalue weighted by Gasteiger charge is -2.12. The quantitative estimate of drug-likeness (QED) is 0.0711. The van der Waals surface area contributed by atoms with Gasteiger partial charge in [0.05, 0.1) is 18.6 Å². The summed E-state index contributed by atoms with van der Waals surface area (Å²) in [7, 11) is 0. The van der Waals surface area contributed by atoms with Crippen LogP contribution in [-0.4, -0.2) is 36.1 Å². The van der Waals surface area contributed by atoms with Crippen molar-refractivity contribution in [3.8, 4) is 11.1 Å². The Bertz CT molecular complexity index is 1900. The topological polar surface area (TPSA) is 127 Å². The van der Waals surface area contributed by atoms with E-state index in [0.717, 1.165) is 16.0 Å². The summed E-state index contributed by atoms with van der Waals surface area (Å²) in [6.07, 6.45) is 2.91. The van der Waals surface area contributed by atoms with Crippen molar-refractivity contribution in [2.75, 3.05) is 23.0 Å². The second-order valence-electron chi connectivity index (χ2n) is 10.2. The van der Waals surface area contributed by atoms with Gasteiger partial charge in [0.1, 0.15) is 22.0 Å². The Morgan fingerprint density at radius 3 is 2.43 bits per heavy atom. The molecule has 9 nitrogen and oxygen atoms in total. The van der Waals surface area contributed by atoms with Gasteiger partial charge in [0.2, 0.25) is 5.91 Å². The van der Waals surface area contributed by atoms with Crippen LogP contribution < -0.4 is 16.0 Å². The van der Waals surface area contributed by atoms with Crippen molar-refractivity contribution in [3.63, 3.8) is 0 Å². The summed E-state index contributed by atoms with van der Waals surface area (Å²) in [6, 6.07) is 26.7. The zero-order chi connectivity index (χ0) is 33.2. The fourth-order valence-corrected chi connectivity index (χ4v) is 6.16. The third kappa shape index (κ3) is 8.87. The number of rotatable bonds is 12. The third-order valence-corrected chi connectivity index (χ3v) is 8.60. The molecule has 5 aromatic rings. The average Bonchev–Trinajstić information content (AvgIpc) is 3.75. The first kappa shape index (κ1) is 33.0. The fourth-order valence-electron chi connectivity index (χ4n) is 4.43. The Hall–Kier alpha value is -5.39. The van der Waals surface area contributed by atoms with Crippen LogP contribution in [0.2, 0.25) is 0 Å². The van der Waals surface area contributed by atoms with Crippen molar-refractivity contribution in [2.45, 2.75) is 18.7 Å². The largest absolute Gasteiger partial charge is 0.465 e. The Kier molecular flexibility index (Phi) is 11.1. The van der Waals surface area contributed by atoms with Crippen molar-refractivity contribution in [2.24, 2.45) is 0 Å². The van der Waals surface area contributed by atoms with Crippen molar-refractivity contribution < 1.29 is 28.3 Å². The highest BCUT2D eigenvalue weighted by atomic mass is 32.2. The number of amides is 3. The number of thiophene rings is 1. The molecule has 3 aromatic carbocycles. The SMILES string of the molecule is CCOC(=O)c1c(-c2ccc(C)cc2)csc1NC(=O)CSc1cccc(NC(=O)/C(=C/c2ccco2)NC(=O)c2ccccc2)c1. The molecule has 47 heavy (non-hydrogen) atoms. The molecule has 2 aromatic heterocycles. The number of ether oxygens (including phenoxy) is 1. The number of furan rings is 1. The molecule has 3 N–H and O–H groups in total.